The second-order valence-electron chi connectivity index (χ2n) is 3.39. The normalized spacial score (nSPS) is 18.3. The average molecular weight is 180 g/mol. The van der Waals surface area contributed by atoms with Crippen molar-refractivity contribution in [1.82, 2.24) is 0 Å². The Balaban J connectivity index is 2.46. The Morgan fingerprint density at radius 1 is 1.38 bits per heavy atom. The van der Waals surface area contributed by atoms with Gasteiger partial charge in [0.05, 0.1) is 12.7 Å². The fourth-order valence-electron chi connectivity index (χ4n) is 1.45. The van der Waals surface area contributed by atoms with E-state index in [9.17, 15) is 10.2 Å². The van der Waals surface area contributed by atoms with E-state index in [-0.39, 0.29) is 5.75 Å². The molecule has 1 aromatic carbocycles. The molecule has 1 aliphatic rings. The number of para-hydroxylation sites is 1. The molecule has 2 N–H and O–H groups in total. The van der Waals surface area contributed by atoms with Gasteiger partial charge in [0.15, 0.2) is 11.5 Å². The predicted molar refractivity (Wildman–Crippen MR) is 47.8 cm³/mol. The highest BCUT2D eigenvalue weighted by molar-refractivity contribution is 5.49. The first-order chi connectivity index (χ1) is 6.17. The van der Waals surface area contributed by atoms with Gasteiger partial charge in [-0.3, -0.25) is 0 Å². The Kier molecular flexibility index (Phi) is 1.70. The van der Waals surface area contributed by atoms with E-state index in [1.165, 1.54) is 7.11 Å². The van der Waals surface area contributed by atoms with Crippen molar-refractivity contribution in [3.05, 3.63) is 23.8 Å². The first-order valence-electron chi connectivity index (χ1n) is 4.26. The minimum absolute atomic E-state index is 0.0602. The molecule has 13 heavy (non-hydrogen) atoms. The lowest BCUT2D eigenvalue weighted by Gasteiger charge is -2.12. The monoisotopic (exact) mass is 180 g/mol. The summed E-state index contributed by atoms with van der Waals surface area (Å²) >= 11 is 0. The van der Waals surface area contributed by atoms with Gasteiger partial charge in [-0.05, 0) is 18.9 Å². The van der Waals surface area contributed by atoms with Crippen LogP contribution in [0.5, 0.6) is 11.5 Å². The molecular formula is C10H12O3. The zero-order valence-corrected chi connectivity index (χ0v) is 7.45. The van der Waals surface area contributed by atoms with Crippen molar-refractivity contribution in [3.63, 3.8) is 0 Å². The van der Waals surface area contributed by atoms with E-state index in [2.05, 4.69) is 0 Å². The minimum Gasteiger partial charge on any atom is -0.504 e. The molecule has 0 bridgehead atoms. The molecule has 0 unspecified atom stereocenters. The van der Waals surface area contributed by atoms with E-state index in [0.717, 1.165) is 0 Å². The van der Waals surface area contributed by atoms with Crippen molar-refractivity contribution in [2.24, 2.45) is 0 Å². The van der Waals surface area contributed by atoms with Crippen LogP contribution in [0, 0.1) is 0 Å². The van der Waals surface area contributed by atoms with E-state index in [0.29, 0.717) is 24.2 Å². The van der Waals surface area contributed by atoms with Gasteiger partial charge >= 0.3 is 0 Å². The van der Waals surface area contributed by atoms with Crippen molar-refractivity contribution in [2.75, 3.05) is 7.11 Å². The summed E-state index contributed by atoms with van der Waals surface area (Å²) in [6.07, 6.45) is 1.43. The van der Waals surface area contributed by atoms with Crippen LogP contribution in [-0.4, -0.2) is 17.3 Å². The number of hydrogen-bond donors (Lipinski definition) is 2. The molecule has 3 heteroatoms. The van der Waals surface area contributed by atoms with Crippen molar-refractivity contribution in [2.45, 2.75) is 18.4 Å². The third-order valence-electron chi connectivity index (χ3n) is 2.44. The van der Waals surface area contributed by atoms with Crippen molar-refractivity contribution >= 4 is 0 Å². The molecule has 0 aliphatic heterocycles. The summed E-state index contributed by atoms with van der Waals surface area (Å²) in [5.41, 5.74) is -0.231. The van der Waals surface area contributed by atoms with Crippen LogP contribution in [0.25, 0.3) is 0 Å². The maximum absolute atomic E-state index is 9.79. The molecule has 2 rings (SSSR count). The van der Waals surface area contributed by atoms with E-state index in [1.54, 1.807) is 18.2 Å². The third kappa shape index (κ3) is 1.25. The Hall–Kier alpha value is -1.22. The highest BCUT2D eigenvalue weighted by Crippen LogP contribution is 2.50. The van der Waals surface area contributed by atoms with Gasteiger partial charge in [-0.15, -0.1) is 0 Å². The van der Waals surface area contributed by atoms with Crippen LogP contribution in [0.4, 0.5) is 0 Å². The molecule has 0 radical (unpaired) electrons. The van der Waals surface area contributed by atoms with Crippen LogP contribution < -0.4 is 4.74 Å². The molecule has 70 valence electrons. The van der Waals surface area contributed by atoms with Gasteiger partial charge < -0.3 is 14.9 Å². The van der Waals surface area contributed by atoms with E-state index in [1.807, 2.05) is 0 Å². The largest absolute Gasteiger partial charge is 0.504 e. The zero-order valence-electron chi connectivity index (χ0n) is 7.45. The van der Waals surface area contributed by atoms with Crippen LogP contribution >= 0.6 is 0 Å². The minimum atomic E-state index is -0.807. The van der Waals surface area contributed by atoms with Crippen molar-refractivity contribution in [3.8, 4) is 11.5 Å². The number of benzene rings is 1. The molecule has 1 aliphatic carbocycles. The second kappa shape index (κ2) is 2.64. The number of ether oxygens (including phenoxy) is 1. The molecule has 1 saturated carbocycles. The summed E-state index contributed by atoms with van der Waals surface area (Å²) < 4.78 is 4.95. The maximum Gasteiger partial charge on any atom is 0.163 e. The van der Waals surface area contributed by atoms with Gasteiger partial charge in [0.25, 0.3) is 0 Å². The summed E-state index contributed by atoms with van der Waals surface area (Å²) in [7, 11) is 1.50. The molecule has 1 fully saturated rings. The number of hydrogen-bond acceptors (Lipinski definition) is 3. The number of phenolic OH excluding ortho intramolecular Hbond substituents is 1. The first kappa shape index (κ1) is 8.38. The number of aliphatic hydroxyl groups is 1. The van der Waals surface area contributed by atoms with Crippen LogP contribution in [0.2, 0.25) is 0 Å². The Morgan fingerprint density at radius 3 is 2.62 bits per heavy atom. The quantitative estimate of drug-likeness (QED) is 0.723. The van der Waals surface area contributed by atoms with Gasteiger partial charge in [-0.25, -0.2) is 0 Å². The molecule has 1 aromatic rings. The molecule has 0 saturated heterocycles. The Bertz CT molecular complexity index is 329. The average Bonchev–Trinajstić information content (AvgIpc) is 2.85. The number of rotatable bonds is 2. The maximum atomic E-state index is 9.79. The van der Waals surface area contributed by atoms with Crippen LogP contribution in [0.3, 0.4) is 0 Å². The topological polar surface area (TPSA) is 49.7 Å². The standard InChI is InChI=1S/C10H12O3/c1-13-8-4-2-3-7(9(8)11)10(12)5-6-10/h2-4,11-12H,5-6H2,1H3. The highest BCUT2D eigenvalue weighted by atomic mass is 16.5. The van der Waals surface area contributed by atoms with E-state index < -0.39 is 5.60 Å². The number of aromatic hydroxyl groups is 1. The lowest BCUT2D eigenvalue weighted by molar-refractivity contribution is 0.147. The van der Waals surface area contributed by atoms with Gasteiger partial charge in [-0.2, -0.15) is 0 Å². The molecule has 0 aromatic heterocycles. The van der Waals surface area contributed by atoms with Crippen LogP contribution in [0.15, 0.2) is 18.2 Å². The lowest BCUT2D eigenvalue weighted by Crippen LogP contribution is -2.04. The summed E-state index contributed by atoms with van der Waals surface area (Å²) in [4.78, 5) is 0. The van der Waals surface area contributed by atoms with E-state index in [4.69, 9.17) is 4.74 Å². The van der Waals surface area contributed by atoms with Crippen LogP contribution in [0.1, 0.15) is 18.4 Å². The number of methoxy groups -OCH3 is 1. The fourth-order valence-corrected chi connectivity index (χ4v) is 1.45. The van der Waals surface area contributed by atoms with Gasteiger partial charge in [0, 0.05) is 5.56 Å². The van der Waals surface area contributed by atoms with Gasteiger partial charge in [-0.1, -0.05) is 12.1 Å². The van der Waals surface area contributed by atoms with Gasteiger partial charge in [0.2, 0.25) is 0 Å². The van der Waals surface area contributed by atoms with Crippen molar-refractivity contribution in [1.29, 1.82) is 0 Å². The second-order valence-corrected chi connectivity index (χ2v) is 3.39. The molecule has 0 atom stereocenters. The summed E-state index contributed by atoms with van der Waals surface area (Å²) in [6, 6.07) is 5.17. The summed E-state index contributed by atoms with van der Waals surface area (Å²) in [5.74, 6) is 0.475. The molecule has 0 amide bonds. The predicted octanol–water partition coefficient (Wildman–Crippen LogP) is 1.38. The third-order valence-corrected chi connectivity index (χ3v) is 2.44. The van der Waals surface area contributed by atoms with Crippen LogP contribution in [-0.2, 0) is 5.60 Å². The van der Waals surface area contributed by atoms with Gasteiger partial charge in [0.1, 0.15) is 0 Å². The van der Waals surface area contributed by atoms with E-state index >= 15 is 0 Å². The zero-order chi connectivity index (χ0) is 9.47. The first-order valence-corrected chi connectivity index (χ1v) is 4.26. The Labute approximate surface area is 76.6 Å². The summed E-state index contributed by atoms with van der Waals surface area (Å²) in [5, 5.41) is 19.5. The lowest BCUT2D eigenvalue weighted by atomic mass is 10.1. The molecule has 0 heterocycles. The summed E-state index contributed by atoms with van der Waals surface area (Å²) in [6.45, 7) is 0. The smallest absolute Gasteiger partial charge is 0.163 e. The molecular weight excluding hydrogens is 168 g/mol. The fraction of sp³-hybridized carbons (Fsp3) is 0.400. The molecule has 0 spiro atoms. The highest BCUT2D eigenvalue weighted by Gasteiger charge is 2.44. The number of phenols is 1. The SMILES string of the molecule is COc1cccc(C2(O)CC2)c1O. The van der Waals surface area contributed by atoms with Crippen molar-refractivity contribution < 1.29 is 14.9 Å². The Morgan fingerprint density at radius 2 is 2.08 bits per heavy atom. The molecule has 3 nitrogen and oxygen atoms in total.